The summed E-state index contributed by atoms with van der Waals surface area (Å²) < 4.78 is 0. The molecule has 5 nitrogen and oxygen atoms in total. The molecule has 1 aromatic heterocycles. The predicted octanol–water partition coefficient (Wildman–Crippen LogP) is 1.41. The molecule has 1 aromatic rings. The van der Waals surface area contributed by atoms with Crippen LogP contribution in [0.4, 0.5) is 0 Å². The van der Waals surface area contributed by atoms with Gasteiger partial charge < -0.3 is 10.0 Å². The summed E-state index contributed by atoms with van der Waals surface area (Å²) in [6.07, 6.45) is 4.52. The number of pyridine rings is 1. The third-order valence-electron chi connectivity index (χ3n) is 2.88. The van der Waals surface area contributed by atoms with Crippen molar-refractivity contribution >= 4 is 11.9 Å². The van der Waals surface area contributed by atoms with Crippen molar-refractivity contribution in [2.24, 2.45) is 0 Å². The summed E-state index contributed by atoms with van der Waals surface area (Å²) in [6, 6.07) is 2.93. The van der Waals surface area contributed by atoms with E-state index < -0.39 is 5.97 Å². The summed E-state index contributed by atoms with van der Waals surface area (Å²) in [5.41, 5.74) is 0.0185. The lowest BCUT2D eigenvalue weighted by atomic mass is 10.1. The van der Waals surface area contributed by atoms with Gasteiger partial charge in [0.15, 0.2) is 0 Å². The molecule has 5 heteroatoms. The number of nitrogens with zero attached hydrogens (tertiary/aromatic N) is 2. The first-order valence-electron chi connectivity index (χ1n) is 5.68. The molecule has 1 fully saturated rings. The van der Waals surface area contributed by atoms with Crippen molar-refractivity contribution in [2.45, 2.75) is 19.3 Å². The topological polar surface area (TPSA) is 70.5 Å². The number of hydrogen-bond acceptors (Lipinski definition) is 3. The van der Waals surface area contributed by atoms with E-state index in [1.807, 2.05) is 0 Å². The Balaban J connectivity index is 2.26. The second-order valence-corrected chi connectivity index (χ2v) is 4.06. The summed E-state index contributed by atoms with van der Waals surface area (Å²) >= 11 is 0. The number of carbonyl (C=O) groups excluding carboxylic acids is 1. The van der Waals surface area contributed by atoms with E-state index in [0.29, 0.717) is 13.1 Å². The van der Waals surface area contributed by atoms with Crippen LogP contribution in [-0.4, -0.2) is 40.0 Å². The van der Waals surface area contributed by atoms with Gasteiger partial charge in [-0.05, 0) is 31.4 Å². The van der Waals surface area contributed by atoms with Gasteiger partial charge in [-0.15, -0.1) is 0 Å². The van der Waals surface area contributed by atoms with Crippen molar-refractivity contribution in [3.8, 4) is 0 Å². The summed E-state index contributed by atoms with van der Waals surface area (Å²) in [5.74, 6) is -1.39. The first-order chi connectivity index (χ1) is 8.20. The minimum atomic E-state index is -1.11. The van der Waals surface area contributed by atoms with Crippen molar-refractivity contribution < 1.29 is 14.7 Å². The van der Waals surface area contributed by atoms with E-state index in [2.05, 4.69) is 4.98 Å². The maximum Gasteiger partial charge on any atom is 0.338 e. The molecule has 2 heterocycles. The number of rotatable bonds is 2. The molecule has 0 bridgehead atoms. The quantitative estimate of drug-likeness (QED) is 0.839. The van der Waals surface area contributed by atoms with E-state index in [9.17, 15) is 9.59 Å². The molecule has 1 aliphatic rings. The summed E-state index contributed by atoms with van der Waals surface area (Å²) in [6.45, 7) is 1.38. The van der Waals surface area contributed by atoms with E-state index in [1.54, 1.807) is 4.90 Å². The molecule has 0 radical (unpaired) electrons. The van der Waals surface area contributed by atoms with Gasteiger partial charge in [-0.25, -0.2) is 4.79 Å². The van der Waals surface area contributed by atoms with Crippen LogP contribution in [0.25, 0.3) is 0 Å². The number of carboxylic acids is 1. The SMILES string of the molecule is O=C(O)c1cccnc1C(=O)N1CCCCC1. The van der Waals surface area contributed by atoms with Crippen LogP contribution in [0.2, 0.25) is 0 Å². The molecule has 0 spiro atoms. The van der Waals surface area contributed by atoms with Gasteiger partial charge in [-0.2, -0.15) is 0 Å². The van der Waals surface area contributed by atoms with Gasteiger partial charge in [-0.3, -0.25) is 9.78 Å². The third kappa shape index (κ3) is 2.43. The largest absolute Gasteiger partial charge is 0.478 e. The van der Waals surface area contributed by atoms with Gasteiger partial charge >= 0.3 is 5.97 Å². The van der Waals surface area contributed by atoms with Crippen LogP contribution in [-0.2, 0) is 0 Å². The third-order valence-corrected chi connectivity index (χ3v) is 2.88. The molecule has 17 heavy (non-hydrogen) atoms. The Labute approximate surface area is 99.1 Å². The van der Waals surface area contributed by atoms with Crippen molar-refractivity contribution in [1.29, 1.82) is 0 Å². The number of hydrogen-bond donors (Lipinski definition) is 1. The zero-order valence-electron chi connectivity index (χ0n) is 9.43. The summed E-state index contributed by atoms with van der Waals surface area (Å²) in [4.78, 5) is 28.7. The fourth-order valence-electron chi connectivity index (χ4n) is 2.00. The highest BCUT2D eigenvalue weighted by Crippen LogP contribution is 2.14. The van der Waals surface area contributed by atoms with Crippen LogP contribution in [0, 0.1) is 0 Å². The molecule has 0 aliphatic carbocycles. The molecule has 0 unspecified atom stereocenters. The minimum Gasteiger partial charge on any atom is -0.478 e. The van der Waals surface area contributed by atoms with Crippen molar-refractivity contribution in [3.63, 3.8) is 0 Å². The molecular formula is C12H14N2O3. The molecule has 0 atom stereocenters. The average Bonchev–Trinajstić information content (AvgIpc) is 2.39. The Morgan fingerprint density at radius 2 is 1.94 bits per heavy atom. The Morgan fingerprint density at radius 3 is 2.59 bits per heavy atom. The summed E-state index contributed by atoms with van der Waals surface area (Å²) in [7, 11) is 0. The van der Waals surface area contributed by atoms with Gasteiger partial charge in [0.05, 0.1) is 5.56 Å². The number of aromatic carboxylic acids is 1. The maximum atomic E-state index is 12.1. The highest BCUT2D eigenvalue weighted by molar-refractivity contribution is 6.03. The van der Waals surface area contributed by atoms with E-state index in [4.69, 9.17) is 5.11 Å². The Morgan fingerprint density at radius 1 is 1.24 bits per heavy atom. The van der Waals surface area contributed by atoms with Crippen LogP contribution in [0.15, 0.2) is 18.3 Å². The normalized spacial score (nSPS) is 15.6. The van der Waals surface area contributed by atoms with Gasteiger partial charge in [0.2, 0.25) is 0 Å². The fourth-order valence-corrected chi connectivity index (χ4v) is 2.00. The Bertz CT molecular complexity index is 439. The molecular weight excluding hydrogens is 220 g/mol. The van der Waals surface area contributed by atoms with Crippen molar-refractivity contribution in [1.82, 2.24) is 9.88 Å². The van der Waals surface area contributed by atoms with Crippen LogP contribution >= 0.6 is 0 Å². The zero-order valence-corrected chi connectivity index (χ0v) is 9.43. The van der Waals surface area contributed by atoms with Crippen LogP contribution < -0.4 is 0 Å². The molecule has 1 amide bonds. The first kappa shape index (κ1) is 11.6. The first-order valence-corrected chi connectivity index (χ1v) is 5.68. The van der Waals surface area contributed by atoms with E-state index in [-0.39, 0.29) is 17.2 Å². The lowest BCUT2D eigenvalue weighted by Gasteiger charge is -2.26. The molecule has 1 saturated heterocycles. The van der Waals surface area contributed by atoms with Crippen LogP contribution in [0.1, 0.15) is 40.1 Å². The zero-order chi connectivity index (χ0) is 12.3. The predicted molar refractivity (Wildman–Crippen MR) is 61.0 cm³/mol. The van der Waals surface area contributed by atoms with Crippen molar-refractivity contribution in [2.75, 3.05) is 13.1 Å². The number of aromatic nitrogens is 1. The molecule has 0 aromatic carbocycles. The highest BCUT2D eigenvalue weighted by atomic mass is 16.4. The number of likely N-dealkylation sites (tertiary alicyclic amines) is 1. The molecule has 2 rings (SSSR count). The van der Waals surface area contributed by atoms with Gasteiger partial charge in [0, 0.05) is 19.3 Å². The van der Waals surface area contributed by atoms with E-state index >= 15 is 0 Å². The highest BCUT2D eigenvalue weighted by Gasteiger charge is 2.23. The molecule has 1 N–H and O–H groups in total. The van der Waals surface area contributed by atoms with Gasteiger partial charge in [0.1, 0.15) is 5.69 Å². The Kier molecular flexibility index (Phi) is 3.37. The molecule has 1 aliphatic heterocycles. The number of carboxylic acid groups (broad SMARTS) is 1. The molecule has 90 valence electrons. The van der Waals surface area contributed by atoms with Crippen molar-refractivity contribution in [3.05, 3.63) is 29.6 Å². The Hall–Kier alpha value is -1.91. The standard InChI is InChI=1S/C12H14N2O3/c15-11(14-7-2-1-3-8-14)10-9(12(16)17)5-4-6-13-10/h4-6H,1-3,7-8H2,(H,16,17). The minimum absolute atomic E-state index is 0.0249. The lowest BCUT2D eigenvalue weighted by Crippen LogP contribution is -2.36. The monoisotopic (exact) mass is 234 g/mol. The van der Waals surface area contributed by atoms with Gasteiger partial charge in [-0.1, -0.05) is 0 Å². The fraction of sp³-hybridized carbons (Fsp3) is 0.417. The average molecular weight is 234 g/mol. The van der Waals surface area contributed by atoms with E-state index in [0.717, 1.165) is 19.3 Å². The molecule has 0 saturated carbocycles. The number of piperidine rings is 1. The van der Waals surface area contributed by atoms with E-state index in [1.165, 1.54) is 18.3 Å². The van der Waals surface area contributed by atoms with Gasteiger partial charge in [0.25, 0.3) is 5.91 Å². The lowest BCUT2D eigenvalue weighted by molar-refractivity contribution is 0.0662. The summed E-state index contributed by atoms with van der Waals surface area (Å²) in [5, 5.41) is 9.00. The number of amides is 1. The van der Waals surface area contributed by atoms with Crippen LogP contribution in [0.3, 0.4) is 0 Å². The maximum absolute atomic E-state index is 12.1. The number of carbonyl (C=O) groups is 2. The second kappa shape index (κ2) is 4.95. The smallest absolute Gasteiger partial charge is 0.338 e. The van der Waals surface area contributed by atoms with Crippen LogP contribution in [0.5, 0.6) is 0 Å². The second-order valence-electron chi connectivity index (χ2n) is 4.06.